The molecule has 1 aliphatic rings. The zero-order valence-electron chi connectivity index (χ0n) is 14.8. The van der Waals surface area contributed by atoms with E-state index in [4.69, 9.17) is 9.15 Å². The largest absolute Gasteiger partial charge is 0.489 e. The lowest BCUT2D eigenvalue weighted by atomic mass is 10.2. The molecule has 25 heavy (non-hydrogen) atoms. The predicted molar refractivity (Wildman–Crippen MR) is 96.8 cm³/mol. The first-order valence-electron chi connectivity index (χ1n) is 8.68. The van der Waals surface area contributed by atoms with Crippen LogP contribution in [0.4, 0.5) is 10.5 Å². The maximum atomic E-state index is 12.6. The Labute approximate surface area is 148 Å². The summed E-state index contributed by atoms with van der Waals surface area (Å²) >= 11 is 0. The van der Waals surface area contributed by atoms with Crippen LogP contribution in [0.1, 0.15) is 19.6 Å². The fraction of sp³-hybridized carbons (Fsp3) is 0.421. The van der Waals surface area contributed by atoms with E-state index >= 15 is 0 Å². The molecular formula is C19H25N3O3. The number of urea groups is 1. The Hall–Kier alpha value is -2.47. The number of ether oxygens (including phenoxy) is 1. The lowest BCUT2D eigenvalue weighted by Crippen LogP contribution is -2.49. The number of hydrogen-bond acceptors (Lipinski definition) is 4. The van der Waals surface area contributed by atoms with Gasteiger partial charge in [-0.2, -0.15) is 0 Å². The molecule has 1 aliphatic heterocycles. The summed E-state index contributed by atoms with van der Waals surface area (Å²) < 4.78 is 11.1. The number of piperazine rings is 1. The molecule has 6 heteroatoms. The number of hydrogen-bond donors (Lipinski definition) is 1. The van der Waals surface area contributed by atoms with Crippen molar-refractivity contribution in [2.24, 2.45) is 0 Å². The van der Waals surface area contributed by atoms with Crippen molar-refractivity contribution >= 4 is 11.7 Å². The van der Waals surface area contributed by atoms with Crippen LogP contribution in [-0.2, 0) is 6.54 Å². The molecule has 0 aliphatic carbocycles. The number of rotatable bonds is 5. The van der Waals surface area contributed by atoms with Crippen molar-refractivity contribution in [3.05, 3.63) is 48.4 Å². The van der Waals surface area contributed by atoms with E-state index in [-0.39, 0.29) is 12.1 Å². The third-order valence-electron chi connectivity index (χ3n) is 4.11. The number of carbonyl (C=O) groups excluding carboxylic acids is 1. The molecule has 1 aromatic heterocycles. The molecule has 0 atom stereocenters. The van der Waals surface area contributed by atoms with Gasteiger partial charge in [0.15, 0.2) is 0 Å². The highest BCUT2D eigenvalue weighted by atomic mass is 16.5. The van der Waals surface area contributed by atoms with E-state index in [0.29, 0.717) is 24.5 Å². The number of para-hydroxylation sites is 2. The van der Waals surface area contributed by atoms with Gasteiger partial charge in [0.1, 0.15) is 11.5 Å². The molecule has 1 fully saturated rings. The summed E-state index contributed by atoms with van der Waals surface area (Å²) in [6.07, 6.45) is 1.75. The minimum absolute atomic E-state index is 0.0585. The van der Waals surface area contributed by atoms with E-state index in [0.717, 1.165) is 25.4 Å². The number of benzene rings is 1. The molecule has 0 unspecified atom stereocenters. The molecule has 3 rings (SSSR count). The molecule has 1 N–H and O–H groups in total. The number of amides is 2. The molecule has 0 saturated carbocycles. The van der Waals surface area contributed by atoms with Crippen molar-refractivity contribution in [2.75, 3.05) is 31.5 Å². The minimum Gasteiger partial charge on any atom is -0.489 e. The van der Waals surface area contributed by atoms with Crippen LogP contribution >= 0.6 is 0 Å². The zero-order chi connectivity index (χ0) is 17.6. The van der Waals surface area contributed by atoms with Gasteiger partial charge in [0.25, 0.3) is 0 Å². The number of anilines is 1. The molecule has 0 spiro atoms. The van der Waals surface area contributed by atoms with Gasteiger partial charge >= 0.3 is 6.03 Å². The van der Waals surface area contributed by atoms with E-state index in [2.05, 4.69) is 10.2 Å². The predicted octanol–water partition coefficient (Wildman–Crippen LogP) is 3.42. The second-order valence-electron chi connectivity index (χ2n) is 6.44. The quantitative estimate of drug-likeness (QED) is 0.904. The van der Waals surface area contributed by atoms with Crippen LogP contribution in [0.2, 0.25) is 0 Å². The molecular weight excluding hydrogens is 318 g/mol. The Bertz CT molecular complexity index is 677. The summed E-state index contributed by atoms with van der Waals surface area (Å²) in [5, 5.41) is 2.97. The van der Waals surface area contributed by atoms with E-state index in [9.17, 15) is 4.79 Å². The van der Waals surface area contributed by atoms with Crippen molar-refractivity contribution < 1.29 is 13.9 Å². The van der Waals surface area contributed by atoms with Crippen LogP contribution in [0, 0.1) is 0 Å². The fourth-order valence-corrected chi connectivity index (χ4v) is 2.85. The maximum Gasteiger partial charge on any atom is 0.322 e. The van der Waals surface area contributed by atoms with Gasteiger partial charge in [-0.05, 0) is 38.1 Å². The van der Waals surface area contributed by atoms with Crippen LogP contribution in [-0.4, -0.2) is 48.1 Å². The number of nitrogens with zero attached hydrogens (tertiary/aromatic N) is 2. The van der Waals surface area contributed by atoms with Gasteiger partial charge in [0.05, 0.1) is 24.6 Å². The van der Waals surface area contributed by atoms with Crippen LogP contribution in [0.25, 0.3) is 0 Å². The van der Waals surface area contributed by atoms with Crippen molar-refractivity contribution in [2.45, 2.75) is 26.5 Å². The van der Waals surface area contributed by atoms with Gasteiger partial charge in [0, 0.05) is 26.2 Å². The van der Waals surface area contributed by atoms with Crippen LogP contribution in [0.15, 0.2) is 47.1 Å². The van der Waals surface area contributed by atoms with E-state index < -0.39 is 0 Å². The van der Waals surface area contributed by atoms with Gasteiger partial charge in [-0.1, -0.05) is 12.1 Å². The fourth-order valence-electron chi connectivity index (χ4n) is 2.85. The molecule has 1 saturated heterocycles. The Morgan fingerprint density at radius 1 is 1.16 bits per heavy atom. The third-order valence-corrected chi connectivity index (χ3v) is 4.11. The van der Waals surface area contributed by atoms with Crippen molar-refractivity contribution in [1.82, 2.24) is 9.80 Å². The van der Waals surface area contributed by atoms with Gasteiger partial charge in [-0.3, -0.25) is 4.90 Å². The van der Waals surface area contributed by atoms with Crippen LogP contribution in [0.5, 0.6) is 5.75 Å². The number of nitrogens with one attached hydrogen (secondary N) is 1. The maximum absolute atomic E-state index is 12.6. The van der Waals surface area contributed by atoms with E-state index in [1.807, 2.05) is 55.1 Å². The average Bonchev–Trinajstić information content (AvgIpc) is 3.10. The molecule has 2 heterocycles. The topological polar surface area (TPSA) is 58.0 Å². The van der Waals surface area contributed by atoms with Crippen LogP contribution < -0.4 is 10.1 Å². The Balaban J connectivity index is 1.53. The second kappa shape index (κ2) is 8.07. The first-order chi connectivity index (χ1) is 12.1. The summed E-state index contributed by atoms with van der Waals surface area (Å²) in [6, 6.07) is 11.3. The Morgan fingerprint density at radius 3 is 2.60 bits per heavy atom. The number of carbonyl (C=O) groups is 1. The highest BCUT2D eigenvalue weighted by Crippen LogP contribution is 2.25. The summed E-state index contributed by atoms with van der Waals surface area (Å²) in [5.74, 6) is 1.65. The van der Waals surface area contributed by atoms with Crippen molar-refractivity contribution in [3.8, 4) is 5.75 Å². The molecule has 0 bridgehead atoms. The first kappa shape index (κ1) is 17.4. The van der Waals surface area contributed by atoms with Gasteiger partial charge in [-0.25, -0.2) is 4.79 Å². The normalized spacial score (nSPS) is 15.4. The summed E-state index contributed by atoms with van der Waals surface area (Å²) in [6.45, 7) is 7.78. The summed E-state index contributed by atoms with van der Waals surface area (Å²) in [4.78, 5) is 16.7. The molecule has 1 aromatic carbocycles. The monoisotopic (exact) mass is 343 g/mol. The van der Waals surface area contributed by atoms with Gasteiger partial charge < -0.3 is 19.4 Å². The lowest BCUT2D eigenvalue weighted by molar-refractivity contribution is 0.137. The lowest BCUT2D eigenvalue weighted by Gasteiger charge is -2.34. The van der Waals surface area contributed by atoms with Crippen LogP contribution in [0.3, 0.4) is 0 Å². The minimum atomic E-state index is -0.0857. The van der Waals surface area contributed by atoms with E-state index in [1.54, 1.807) is 6.26 Å². The third kappa shape index (κ3) is 4.76. The van der Waals surface area contributed by atoms with Gasteiger partial charge in [0.2, 0.25) is 0 Å². The first-order valence-corrected chi connectivity index (χ1v) is 8.68. The molecule has 2 amide bonds. The molecule has 6 nitrogen and oxygen atoms in total. The van der Waals surface area contributed by atoms with Crippen molar-refractivity contribution in [3.63, 3.8) is 0 Å². The number of furan rings is 1. The highest BCUT2D eigenvalue weighted by Gasteiger charge is 2.22. The van der Waals surface area contributed by atoms with Crippen molar-refractivity contribution in [1.29, 1.82) is 0 Å². The summed E-state index contributed by atoms with van der Waals surface area (Å²) in [5.41, 5.74) is 0.708. The highest BCUT2D eigenvalue weighted by molar-refractivity contribution is 5.91. The van der Waals surface area contributed by atoms with E-state index in [1.165, 1.54) is 0 Å². The Kier molecular flexibility index (Phi) is 5.60. The Morgan fingerprint density at radius 2 is 1.92 bits per heavy atom. The second-order valence-corrected chi connectivity index (χ2v) is 6.44. The molecule has 0 radical (unpaired) electrons. The average molecular weight is 343 g/mol. The van der Waals surface area contributed by atoms with Gasteiger partial charge in [-0.15, -0.1) is 0 Å². The summed E-state index contributed by atoms with van der Waals surface area (Å²) in [7, 11) is 0. The smallest absolute Gasteiger partial charge is 0.322 e. The molecule has 2 aromatic rings. The SMILES string of the molecule is CC(C)Oc1ccccc1NC(=O)N1CCN(Cc2ccco2)CC1. The zero-order valence-corrected chi connectivity index (χ0v) is 14.8. The standard InChI is InChI=1S/C19H25N3O3/c1-15(2)25-18-8-4-3-7-17(18)20-19(23)22-11-9-21(10-12-22)14-16-6-5-13-24-16/h3-8,13,15H,9-12,14H2,1-2H3,(H,20,23). The molecule has 134 valence electrons.